The number of nitriles is 1. The largest absolute Gasteiger partial charge is 0.497 e. The first-order valence-corrected chi connectivity index (χ1v) is 10.2. The van der Waals surface area contributed by atoms with Crippen LogP contribution < -0.4 is 15.0 Å². The van der Waals surface area contributed by atoms with Gasteiger partial charge in [0, 0.05) is 30.6 Å². The number of amides is 2. The molecule has 0 saturated carbocycles. The molecule has 2 aromatic carbocycles. The van der Waals surface area contributed by atoms with Crippen LogP contribution in [-0.2, 0) is 16.1 Å². The molecular weight excluding hydrogens is 408 g/mol. The summed E-state index contributed by atoms with van der Waals surface area (Å²) in [6, 6.07) is 18.5. The molecule has 2 amide bonds. The second-order valence-corrected chi connectivity index (χ2v) is 6.90. The highest BCUT2D eigenvalue weighted by Crippen LogP contribution is 2.19. The molecule has 3 rings (SSSR count). The average Bonchev–Trinajstić information content (AvgIpc) is 3.31. The summed E-state index contributed by atoms with van der Waals surface area (Å²) in [7, 11) is 1.60. The van der Waals surface area contributed by atoms with Gasteiger partial charge in [0.2, 0.25) is 11.8 Å². The molecule has 1 aromatic heterocycles. The highest BCUT2D eigenvalue weighted by Gasteiger charge is 2.17. The third-order valence-electron chi connectivity index (χ3n) is 4.72. The molecule has 0 radical (unpaired) electrons. The van der Waals surface area contributed by atoms with Crippen LogP contribution >= 0.6 is 0 Å². The number of aromatic amines is 1. The Labute approximate surface area is 186 Å². The molecule has 1 heterocycles. The molecule has 0 bridgehead atoms. The van der Waals surface area contributed by atoms with Gasteiger partial charge >= 0.3 is 0 Å². The topological polar surface area (TPSA) is 124 Å². The number of hydrogen-bond donors (Lipinski definition) is 2. The summed E-state index contributed by atoms with van der Waals surface area (Å²) in [6.07, 6.45) is 0.294. The van der Waals surface area contributed by atoms with Crippen molar-refractivity contribution < 1.29 is 14.3 Å². The van der Waals surface area contributed by atoms with Crippen LogP contribution in [-0.4, -0.2) is 40.7 Å². The van der Waals surface area contributed by atoms with E-state index in [0.29, 0.717) is 17.3 Å². The van der Waals surface area contributed by atoms with Gasteiger partial charge in [-0.3, -0.25) is 14.7 Å². The minimum Gasteiger partial charge on any atom is -0.497 e. The summed E-state index contributed by atoms with van der Waals surface area (Å²) in [5, 5.41) is 18.6. The summed E-state index contributed by atoms with van der Waals surface area (Å²) < 4.78 is 5.14. The van der Waals surface area contributed by atoms with E-state index < -0.39 is 0 Å². The Bertz CT molecular complexity index is 1070. The maximum atomic E-state index is 12.6. The minimum absolute atomic E-state index is 0.0359. The van der Waals surface area contributed by atoms with E-state index in [4.69, 9.17) is 10.00 Å². The molecule has 0 atom stereocenters. The summed E-state index contributed by atoms with van der Waals surface area (Å²) in [5.74, 6) is 1.29. The Balaban J connectivity index is 1.49. The number of methoxy groups -OCH3 is 1. The van der Waals surface area contributed by atoms with Gasteiger partial charge in [-0.05, 0) is 36.4 Å². The van der Waals surface area contributed by atoms with Gasteiger partial charge in [0.1, 0.15) is 11.6 Å². The Hall–Kier alpha value is -4.19. The molecule has 2 N–H and O–H groups in total. The fourth-order valence-corrected chi connectivity index (χ4v) is 3.04. The van der Waals surface area contributed by atoms with Gasteiger partial charge in [-0.15, -0.1) is 0 Å². The van der Waals surface area contributed by atoms with Crippen LogP contribution in [0.25, 0.3) is 11.4 Å². The molecule has 9 heteroatoms. The van der Waals surface area contributed by atoms with Gasteiger partial charge in [0.15, 0.2) is 5.82 Å². The Kier molecular flexibility index (Phi) is 7.92. The maximum absolute atomic E-state index is 12.6. The Morgan fingerprint density at radius 3 is 2.56 bits per heavy atom. The number of benzene rings is 2. The molecule has 0 unspecified atom stereocenters. The smallest absolute Gasteiger partial charge is 0.227 e. The number of carbonyl (C=O) groups excluding carboxylic acids is 2. The second kappa shape index (κ2) is 11.3. The van der Waals surface area contributed by atoms with Crippen LogP contribution in [0.1, 0.15) is 25.1 Å². The molecule has 0 aliphatic carbocycles. The molecule has 3 aromatic rings. The maximum Gasteiger partial charge on any atom is 0.227 e. The molecule has 0 saturated heterocycles. The highest BCUT2D eigenvalue weighted by molar-refractivity contribution is 5.95. The summed E-state index contributed by atoms with van der Waals surface area (Å²) in [4.78, 5) is 30.8. The number of para-hydroxylation sites is 1. The predicted octanol–water partition coefficient (Wildman–Crippen LogP) is 2.82. The van der Waals surface area contributed by atoms with Crippen molar-refractivity contribution in [2.45, 2.75) is 25.8 Å². The lowest BCUT2D eigenvalue weighted by Crippen LogP contribution is -2.33. The van der Waals surface area contributed by atoms with Crippen molar-refractivity contribution in [1.82, 2.24) is 20.5 Å². The van der Waals surface area contributed by atoms with E-state index in [1.54, 1.807) is 19.2 Å². The van der Waals surface area contributed by atoms with Crippen molar-refractivity contribution in [2.75, 3.05) is 18.6 Å². The zero-order chi connectivity index (χ0) is 22.8. The molecule has 9 nitrogen and oxygen atoms in total. The van der Waals surface area contributed by atoms with Gasteiger partial charge in [-0.25, -0.2) is 4.98 Å². The van der Waals surface area contributed by atoms with Gasteiger partial charge < -0.3 is 15.0 Å². The number of ether oxygens (including phenoxy) is 1. The summed E-state index contributed by atoms with van der Waals surface area (Å²) in [6.45, 7) is 0.459. The molecule has 164 valence electrons. The zero-order valence-electron chi connectivity index (χ0n) is 17.7. The van der Waals surface area contributed by atoms with E-state index in [-0.39, 0.29) is 44.2 Å². The SMILES string of the molecule is COc1ccc(-c2n[nH]c(CNC(=O)CCC(=O)N(CCC#N)c3ccccc3)n2)cc1. The van der Waals surface area contributed by atoms with Gasteiger partial charge in [-0.2, -0.15) is 10.4 Å². The van der Waals surface area contributed by atoms with E-state index in [1.165, 1.54) is 4.90 Å². The third-order valence-corrected chi connectivity index (χ3v) is 4.72. The van der Waals surface area contributed by atoms with Crippen LogP contribution in [0.2, 0.25) is 0 Å². The Morgan fingerprint density at radius 1 is 1.12 bits per heavy atom. The van der Waals surface area contributed by atoms with Crippen LogP contribution in [0.4, 0.5) is 5.69 Å². The highest BCUT2D eigenvalue weighted by atomic mass is 16.5. The first kappa shape index (κ1) is 22.5. The first-order chi connectivity index (χ1) is 15.6. The number of anilines is 1. The van der Waals surface area contributed by atoms with Crippen molar-refractivity contribution in [3.8, 4) is 23.2 Å². The van der Waals surface area contributed by atoms with E-state index in [1.807, 2.05) is 48.5 Å². The van der Waals surface area contributed by atoms with Crippen LogP contribution in [0.15, 0.2) is 54.6 Å². The molecule has 0 aliphatic heterocycles. The van der Waals surface area contributed by atoms with Crippen molar-refractivity contribution >= 4 is 17.5 Å². The van der Waals surface area contributed by atoms with Gasteiger partial charge in [0.25, 0.3) is 0 Å². The van der Waals surface area contributed by atoms with E-state index >= 15 is 0 Å². The number of nitrogens with one attached hydrogen (secondary N) is 2. The monoisotopic (exact) mass is 432 g/mol. The molecule has 0 fully saturated rings. The van der Waals surface area contributed by atoms with E-state index in [2.05, 4.69) is 20.5 Å². The predicted molar refractivity (Wildman–Crippen MR) is 118 cm³/mol. The van der Waals surface area contributed by atoms with Crippen molar-refractivity contribution in [3.63, 3.8) is 0 Å². The fourth-order valence-electron chi connectivity index (χ4n) is 3.04. The van der Waals surface area contributed by atoms with Gasteiger partial charge in [-0.1, -0.05) is 18.2 Å². The molecule has 32 heavy (non-hydrogen) atoms. The number of rotatable bonds is 10. The normalized spacial score (nSPS) is 10.2. The minimum atomic E-state index is -0.269. The third kappa shape index (κ3) is 6.15. The second-order valence-electron chi connectivity index (χ2n) is 6.90. The van der Waals surface area contributed by atoms with Gasteiger partial charge in [0.05, 0.1) is 26.1 Å². The summed E-state index contributed by atoms with van der Waals surface area (Å²) >= 11 is 0. The Morgan fingerprint density at radius 2 is 1.88 bits per heavy atom. The number of H-pyrrole nitrogens is 1. The van der Waals surface area contributed by atoms with Crippen LogP contribution in [0.3, 0.4) is 0 Å². The zero-order valence-corrected chi connectivity index (χ0v) is 17.7. The van der Waals surface area contributed by atoms with Crippen molar-refractivity contribution in [1.29, 1.82) is 5.26 Å². The van der Waals surface area contributed by atoms with Crippen LogP contribution in [0, 0.1) is 11.3 Å². The number of nitrogens with zero attached hydrogens (tertiary/aromatic N) is 4. The lowest BCUT2D eigenvalue weighted by Gasteiger charge is -2.21. The quantitative estimate of drug-likeness (QED) is 0.508. The van der Waals surface area contributed by atoms with Crippen LogP contribution in [0.5, 0.6) is 5.75 Å². The summed E-state index contributed by atoms with van der Waals surface area (Å²) in [5.41, 5.74) is 1.53. The fraction of sp³-hybridized carbons (Fsp3) is 0.261. The lowest BCUT2D eigenvalue weighted by atomic mass is 10.2. The number of hydrogen-bond acceptors (Lipinski definition) is 6. The van der Waals surface area contributed by atoms with Crippen molar-refractivity contribution in [2.24, 2.45) is 0 Å². The average molecular weight is 432 g/mol. The standard InChI is InChI=1S/C23H24N6O3/c1-32-19-10-8-17(9-11-19)23-26-20(27-28-23)16-25-21(30)12-13-22(31)29(15-5-14-24)18-6-3-2-4-7-18/h2-4,6-11H,5,12-13,15-16H2,1H3,(H,25,30)(H,26,27,28). The molecular formula is C23H24N6O3. The molecule has 0 spiro atoms. The first-order valence-electron chi connectivity index (χ1n) is 10.2. The van der Waals surface area contributed by atoms with E-state index in [0.717, 1.165) is 11.3 Å². The van der Waals surface area contributed by atoms with Crippen molar-refractivity contribution in [3.05, 3.63) is 60.4 Å². The molecule has 0 aliphatic rings. The van der Waals surface area contributed by atoms with E-state index in [9.17, 15) is 9.59 Å². The number of aromatic nitrogens is 3. The number of carbonyl (C=O) groups is 2. The lowest BCUT2D eigenvalue weighted by molar-refractivity contribution is -0.125.